The summed E-state index contributed by atoms with van der Waals surface area (Å²) in [6, 6.07) is 7.05. The Balaban J connectivity index is 1.24. The van der Waals surface area contributed by atoms with Crippen LogP contribution in [-0.4, -0.2) is 96.9 Å². The summed E-state index contributed by atoms with van der Waals surface area (Å²) in [5.41, 5.74) is 1.11. The zero-order chi connectivity index (χ0) is 31.7. The van der Waals surface area contributed by atoms with Crippen molar-refractivity contribution in [1.29, 1.82) is 0 Å². The number of likely N-dealkylation sites (N-methyl/N-ethyl adjacent to an activating group) is 1. The molecule has 7 rings (SSSR count). The maximum Gasteiger partial charge on any atom is 0.420 e. The Hall–Kier alpha value is -3.27. The molecule has 0 bridgehead atoms. The van der Waals surface area contributed by atoms with Gasteiger partial charge in [-0.1, -0.05) is 0 Å². The van der Waals surface area contributed by atoms with Crippen molar-refractivity contribution >= 4 is 44.4 Å². The summed E-state index contributed by atoms with van der Waals surface area (Å²) in [6.45, 7) is 2.41. The van der Waals surface area contributed by atoms with Crippen LogP contribution in [0.15, 0.2) is 35.4 Å². The highest BCUT2D eigenvalue weighted by molar-refractivity contribution is 7.91. The third-order valence-electron chi connectivity index (χ3n) is 9.06. The molecule has 1 aromatic carbocycles. The van der Waals surface area contributed by atoms with E-state index in [-0.39, 0.29) is 51.6 Å². The number of nitrogens with one attached hydrogen (secondary N) is 1. The number of aliphatic hydroxyl groups excluding tert-OH is 1. The highest BCUT2D eigenvalue weighted by atomic mass is 32.2. The third kappa shape index (κ3) is 5.90. The first-order valence-electron chi connectivity index (χ1n) is 15.0. The Bertz CT molecular complexity index is 1760. The van der Waals surface area contributed by atoms with E-state index in [4.69, 9.17) is 0 Å². The molecule has 2 saturated carbocycles. The van der Waals surface area contributed by atoms with Crippen LogP contribution in [0.4, 0.5) is 30.5 Å². The van der Waals surface area contributed by atoms with Gasteiger partial charge in [-0.25, -0.2) is 18.4 Å². The van der Waals surface area contributed by atoms with Gasteiger partial charge in [0.25, 0.3) is 5.91 Å². The number of amides is 1. The highest BCUT2D eigenvalue weighted by Crippen LogP contribution is 2.46. The second kappa shape index (κ2) is 11.2. The van der Waals surface area contributed by atoms with Crippen molar-refractivity contribution in [2.75, 3.05) is 55.8 Å². The van der Waals surface area contributed by atoms with Gasteiger partial charge in [0.2, 0.25) is 5.95 Å². The summed E-state index contributed by atoms with van der Waals surface area (Å²) in [7, 11) is -1.90. The predicted octanol–water partition coefficient (Wildman–Crippen LogP) is 4.35. The number of rotatable bonds is 7. The highest BCUT2D eigenvalue weighted by Gasteiger charge is 2.42. The fraction of sp³-hybridized carbons (Fsp3) is 0.500. The molecule has 4 heterocycles. The lowest BCUT2D eigenvalue weighted by molar-refractivity contribution is -0.137. The lowest BCUT2D eigenvalue weighted by atomic mass is 10.1. The number of piperazine rings is 1. The number of alkyl halides is 3. The van der Waals surface area contributed by atoms with Crippen molar-refractivity contribution in [3.8, 4) is 10.6 Å². The summed E-state index contributed by atoms with van der Waals surface area (Å²) < 4.78 is 68.8. The third-order valence-corrected chi connectivity index (χ3v) is 12.0. The molecule has 1 saturated heterocycles. The number of aliphatic hydroxyl groups is 1. The van der Waals surface area contributed by atoms with E-state index >= 15 is 0 Å². The van der Waals surface area contributed by atoms with E-state index in [1.807, 2.05) is 19.2 Å². The van der Waals surface area contributed by atoms with Crippen molar-refractivity contribution in [3.63, 3.8) is 0 Å². The molecule has 0 unspecified atom stereocenters. The normalized spacial score (nSPS) is 22.3. The smallest absolute Gasteiger partial charge is 0.395 e. The first-order chi connectivity index (χ1) is 21.4. The fourth-order valence-corrected chi connectivity index (χ4v) is 9.01. The van der Waals surface area contributed by atoms with Crippen molar-refractivity contribution in [2.45, 2.75) is 54.8 Å². The Morgan fingerprint density at radius 2 is 1.89 bits per heavy atom. The van der Waals surface area contributed by atoms with Gasteiger partial charge in [0.05, 0.1) is 33.9 Å². The molecule has 10 nitrogen and oxygen atoms in total. The minimum absolute atomic E-state index is 0.0225. The van der Waals surface area contributed by atoms with Crippen LogP contribution in [0.2, 0.25) is 0 Å². The Labute approximate surface area is 262 Å². The van der Waals surface area contributed by atoms with Crippen molar-refractivity contribution in [3.05, 3.63) is 46.5 Å². The monoisotopic (exact) mass is 662 g/mol. The number of carbonyl (C=O) groups excluding carboxylic acids is 1. The second-order valence-corrected chi connectivity index (χ2v) is 15.4. The van der Waals surface area contributed by atoms with E-state index in [0.717, 1.165) is 67.4 Å². The van der Waals surface area contributed by atoms with E-state index < -0.39 is 33.2 Å². The maximum atomic E-state index is 14.2. The average molecular weight is 663 g/mol. The average Bonchev–Trinajstić information content (AvgIpc) is 3.95. The van der Waals surface area contributed by atoms with Gasteiger partial charge in [0.15, 0.2) is 9.84 Å². The summed E-state index contributed by atoms with van der Waals surface area (Å²) in [6.07, 6.45) is -0.580. The molecule has 2 aromatic heterocycles. The Morgan fingerprint density at radius 3 is 2.58 bits per heavy atom. The van der Waals surface area contributed by atoms with Crippen molar-refractivity contribution in [1.82, 2.24) is 19.8 Å². The molecule has 3 fully saturated rings. The molecular formula is C30H33F3N6O4S2. The largest absolute Gasteiger partial charge is 0.420 e. The van der Waals surface area contributed by atoms with Gasteiger partial charge in [0.1, 0.15) is 10.4 Å². The molecule has 1 atom stereocenters. The van der Waals surface area contributed by atoms with E-state index in [1.165, 1.54) is 4.90 Å². The molecule has 2 aliphatic heterocycles. The van der Waals surface area contributed by atoms with E-state index in [0.29, 0.717) is 24.3 Å². The predicted molar refractivity (Wildman–Crippen MR) is 164 cm³/mol. The molecule has 2 aliphatic carbocycles. The molecular weight excluding hydrogens is 629 g/mol. The Kier molecular flexibility index (Phi) is 7.57. The lowest BCUT2D eigenvalue weighted by Gasteiger charge is -2.40. The minimum Gasteiger partial charge on any atom is -0.395 e. The number of nitrogens with zero attached hydrogens (tertiary/aromatic N) is 5. The van der Waals surface area contributed by atoms with Crippen LogP contribution >= 0.6 is 11.3 Å². The van der Waals surface area contributed by atoms with E-state index in [9.17, 15) is 31.5 Å². The number of sulfone groups is 1. The van der Waals surface area contributed by atoms with Crippen LogP contribution in [0.3, 0.4) is 0 Å². The Morgan fingerprint density at radius 1 is 1.11 bits per heavy atom. The minimum atomic E-state index is -4.81. The van der Waals surface area contributed by atoms with Gasteiger partial charge in [-0.15, -0.1) is 11.3 Å². The van der Waals surface area contributed by atoms with Crippen LogP contribution in [-0.2, 0) is 16.0 Å². The number of aromatic nitrogens is 2. The number of benzene rings is 1. The first kappa shape index (κ1) is 30.4. The first-order valence-corrected chi connectivity index (χ1v) is 17.5. The van der Waals surface area contributed by atoms with Crippen LogP contribution in [0, 0.1) is 0 Å². The van der Waals surface area contributed by atoms with Crippen LogP contribution in [0.1, 0.15) is 52.4 Å². The SMILES string of the molecule is CN1CCN(c2ccc(Nc3ncc(C(F)(F)F)c(-c4cc5c(s4)C(=O)N(C4CC4)CCS5(=O)=O)n3)c(C3CC3)c2)C[C@@H]1CO. The van der Waals surface area contributed by atoms with Crippen LogP contribution < -0.4 is 10.2 Å². The number of carbonyl (C=O) groups is 1. The van der Waals surface area contributed by atoms with Gasteiger partial charge < -0.3 is 20.2 Å². The summed E-state index contributed by atoms with van der Waals surface area (Å²) >= 11 is 0.729. The van der Waals surface area contributed by atoms with Gasteiger partial charge in [-0.2, -0.15) is 13.2 Å². The van der Waals surface area contributed by atoms with Crippen molar-refractivity contribution in [2.24, 2.45) is 0 Å². The van der Waals surface area contributed by atoms with Crippen molar-refractivity contribution < 1.29 is 31.5 Å². The zero-order valence-corrected chi connectivity index (χ0v) is 26.2. The topological polar surface area (TPSA) is 119 Å². The molecule has 3 aromatic rings. The number of halogens is 3. The molecule has 1 amide bonds. The standard InChI is InChI=1S/C30H33F3N6O4S2/c1-37-8-9-38(15-20(37)16-40)19-6-7-23(21(12-19)17-2-3-17)35-29-34-14-22(30(31,32)33)26(36-29)24-13-25-27(44-24)28(41)39(18-4-5-18)10-11-45(25,42)43/h6-7,12-14,17-18,20,40H,2-5,8-11,15-16H2,1H3,(H,34,35,36)/t20-/m1/s1. The van der Waals surface area contributed by atoms with Gasteiger partial charge in [-0.3, -0.25) is 9.69 Å². The molecule has 0 spiro atoms. The number of thiophene rings is 1. The molecule has 15 heteroatoms. The fourth-order valence-electron chi connectivity index (χ4n) is 6.09. The zero-order valence-electron chi connectivity index (χ0n) is 24.5. The quantitative estimate of drug-likeness (QED) is 0.381. The van der Waals surface area contributed by atoms with Gasteiger partial charge >= 0.3 is 6.18 Å². The lowest BCUT2D eigenvalue weighted by Crippen LogP contribution is -2.53. The summed E-state index contributed by atoms with van der Waals surface area (Å²) in [4.78, 5) is 27.1. The summed E-state index contributed by atoms with van der Waals surface area (Å²) in [5, 5.41) is 12.9. The number of fused-ring (bicyclic) bond motifs is 1. The second-order valence-electron chi connectivity index (χ2n) is 12.2. The van der Waals surface area contributed by atoms with Gasteiger partial charge in [-0.05, 0) is 68.5 Å². The van der Waals surface area contributed by atoms with E-state index in [2.05, 4.69) is 31.2 Å². The molecule has 2 N–H and O–H groups in total. The van der Waals surface area contributed by atoms with Crippen LogP contribution in [0.5, 0.6) is 0 Å². The maximum absolute atomic E-state index is 14.2. The molecule has 4 aliphatic rings. The number of anilines is 3. The molecule has 240 valence electrons. The summed E-state index contributed by atoms with van der Waals surface area (Å²) in [5.74, 6) is -0.521. The molecule has 45 heavy (non-hydrogen) atoms. The van der Waals surface area contributed by atoms with E-state index in [1.54, 1.807) is 0 Å². The number of hydrogen-bond donors (Lipinski definition) is 2. The van der Waals surface area contributed by atoms with Gasteiger partial charge in [0, 0.05) is 49.8 Å². The van der Waals surface area contributed by atoms with Crippen LogP contribution in [0.25, 0.3) is 10.6 Å². The molecule has 0 radical (unpaired) electrons. The number of hydrogen-bond acceptors (Lipinski definition) is 10.